The van der Waals surface area contributed by atoms with E-state index in [4.69, 9.17) is 10.3 Å². The van der Waals surface area contributed by atoms with Crippen molar-refractivity contribution in [3.63, 3.8) is 0 Å². The lowest BCUT2D eigenvalue weighted by Gasteiger charge is -2.06. The number of aromatic nitrogens is 1. The summed E-state index contributed by atoms with van der Waals surface area (Å²) in [5.74, 6) is 1.09. The van der Waals surface area contributed by atoms with Gasteiger partial charge in [0, 0.05) is 10.0 Å². The van der Waals surface area contributed by atoms with Crippen LogP contribution in [0.1, 0.15) is 11.1 Å². The van der Waals surface area contributed by atoms with Gasteiger partial charge in [-0.3, -0.25) is 0 Å². The van der Waals surface area contributed by atoms with Gasteiger partial charge in [0.15, 0.2) is 11.6 Å². The molecule has 3 rings (SSSR count). The van der Waals surface area contributed by atoms with Crippen molar-refractivity contribution in [3.8, 4) is 22.5 Å². The van der Waals surface area contributed by atoms with Gasteiger partial charge in [-0.05, 0) is 31.5 Å². The van der Waals surface area contributed by atoms with Crippen molar-refractivity contribution in [1.82, 2.24) is 5.16 Å². The highest BCUT2D eigenvalue weighted by molar-refractivity contribution is 9.10. The van der Waals surface area contributed by atoms with Crippen molar-refractivity contribution in [2.24, 2.45) is 0 Å². The van der Waals surface area contributed by atoms with Crippen LogP contribution >= 0.6 is 15.9 Å². The highest BCUT2D eigenvalue weighted by Gasteiger charge is 2.19. The van der Waals surface area contributed by atoms with E-state index in [1.165, 1.54) is 5.56 Å². The van der Waals surface area contributed by atoms with Gasteiger partial charge >= 0.3 is 0 Å². The van der Waals surface area contributed by atoms with Crippen LogP contribution in [-0.2, 0) is 0 Å². The van der Waals surface area contributed by atoms with Crippen LogP contribution < -0.4 is 5.73 Å². The van der Waals surface area contributed by atoms with E-state index >= 15 is 0 Å². The molecule has 0 unspecified atom stereocenters. The molecule has 0 aliphatic rings. The maximum absolute atomic E-state index is 6.02. The third-order valence-corrected chi connectivity index (χ3v) is 4.12. The smallest absolute Gasteiger partial charge is 0.178 e. The number of aryl methyl sites for hydroxylation is 2. The minimum Gasteiger partial charge on any atom is -0.380 e. The second kappa shape index (κ2) is 5.37. The second-order valence-electron chi connectivity index (χ2n) is 5.12. The Morgan fingerprint density at radius 2 is 1.67 bits per heavy atom. The van der Waals surface area contributed by atoms with E-state index in [1.54, 1.807) is 0 Å². The van der Waals surface area contributed by atoms with E-state index in [2.05, 4.69) is 46.2 Å². The molecule has 0 aliphatic heterocycles. The largest absolute Gasteiger partial charge is 0.380 e. The molecule has 2 aromatic carbocycles. The van der Waals surface area contributed by atoms with Gasteiger partial charge in [-0.1, -0.05) is 62.5 Å². The molecule has 0 bridgehead atoms. The molecule has 0 radical (unpaired) electrons. The van der Waals surface area contributed by atoms with Crippen LogP contribution in [0.3, 0.4) is 0 Å². The molecule has 21 heavy (non-hydrogen) atoms. The van der Waals surface area contributed by atoms with E-state index in [1.807, 2.05) is 31.2 Å². The number of anilines is 1. The van der Waals surface area contributed by atoms with Crippen LogP contribution in [0.25, 0.3) is 22.5 Å². The molecule has 0 saturated heterocycles. The molecule has 2 N–H and O–H groups in total. The molecule has 1 heterocycles. The normalized spacial score (nSPS) is 10.8. The predicted octanol–water partition coefficient (Wildman–Crippen LogP) is 4.97. The third kappa shape index (κ3) is 2.59. The van der Waals surface area contributed by atoms with Crippen molar-refractivity contribution in [2.75, 3.05) is 5.73 Å². The summed E-state index contributed by atoms with van der Waals surface area (Å²) in [6.45, 7) is 4.10. The van der Waals surface area contributed by atoms with Gasteiger partial charge in [-0.25, -0.2) is 0 Å². The van der Waals surface area contributed by atoms with E-state index in [0.29, 0.717) is 11.6 Å². The van der Waals surface area contributed by atoms with Gasteiger partial charge in [0.25, 0.3) is 0 Å². The molecular formula is C17H15BrN2O. The molecule has 0 amide bonds. The second-order valence-corrected chi connectivity index (χ2v) is 5.98. The van der Waals surface area contributed by atoms with Gasteiger partial charge < -0.3 is 10.3 Å². The summed E-state index contributed by atoms with van der Waals surface area (Å²) in [6.07, 6.45) is 0. The fourth-order valence-corrected chi connectivity index (χ4v) is 2.73. The van der Waals surface area contributed by atoms with Crippen LogP contribution in [0.2, 0.25) is 0 Å². The van der Waals surface area contributed by atoms with Gasteiger partial charge in [-0.15, -0.1) is 0 Å². The number of hydrogen-bond acceptors (Lipinski definition) is 3. The Kier molecular flexibility index (Phi) is 3.55. The zero-order chi connectivity index (χ0) is 15.0. The molecule has 106 valence electrons. The summed E-state index contributed by atoms with van der Waals surface area (Å²) >= 11 is 3.57. The molecule has 0 aliphatic carbocycles. The molecule has 0 saturated carbocycles. The van der Waals surface area contributed by atoms with Crippen LogP contribution in [0.5, 0.6) is 0 Å². The average molecular weight is 343 g/mol. The first-order valence-electron chi connectivity index (χ1n) is 6.65. The Labute approximate surface area is 131 Å². The van der Waals surface area contributed by atoms with Crippen molar-refractivity contribution >= 4 is 21.7 Å². The summed E-state index contributed by atoms with van der Waals surface area (Å²) in [4.78, 5) is 0. The topological polar surface area (TPSA) is 52.0 Å². The van der Waals surface area contributed by atoms with Crippen LogP contribution in [0, 0.1) is 13.8 Å². The van der Waals surface area contributed by atoms with Crippen molar-refractivity contribution in [1.29, 1.82) is 0 Å². The summed E-state index contributed by atoms with van der Waals surface area (Å²) < 4.78 is 6.45. The van der Waals surface area contributed by atoms with Crippen molar-refractivity contribution in [3.05, 3.63) is 58.1 Å². The van der Waals surface area contributed by atoms with Crippen molar-refractivity contribution in [2.45, 2.75) is 13.8 Å². The lowest BCUT2D eigenvalue weighted by molar-refractivity contribution is 0.436. The minimum atomic E-state index is 0.405. The number of benzene rings is 2. The molecule has 0 atom stereocenters. The van der Waals surface area contributed by atoms with Crippen LogP contribution in [0.4, 0.5) is 5.82 Å². The predicted molar refractivity (Wildman–Crippen MR) is 89.0 cm³/mol. The summed E-state index contributed by atoms with van der Waals surface area (Å²) in [5, 5.41) is 3.94. The zero-order valence-electron chi connectivity index (χ0n) is 11.9. The molecule has 3 aromatic rings. The molecular weight excluding hydrogens is 328 g/mol. The monoisotopic (exact) mass is 342 g/mol. The maximum atomic E-state index is 6.02. The standard InChI is InChI=1S/C17H15BrN2O/c1-10-3-6-12(7-4-10)15-16(21-20-17(15)19)13-9-11(2)5-8-14(13)18/h3-9H,1-2H3,(H2,19,20). The van der Waals surface area contributed by atoms with Crippen molar-refractivity contribution < 1.29 is 4.52 Å². The Balaban J connectivity index is 2.21. The fourth-order valence-electron chi connectivity index (χ4n) is 2.30. The average Bonchev–Trinajstić information content (AvgIpc) is 2.84. The highest BCUT2D eigenvalue weighted by Crippen LogP contribution is 2.39. The summed E-state index contributed by atoms with van der Waals surface area (Å²) in [7, 11) is 0. The Hall–Kier alpha value is -2.07. The lowest BCUT2D eigenvalue weighted by Crippen LogP contribution is -1.89. The van der Waals surface area contributed by atoms with Gasteiger partial charge in [-0.2, -0.15) is 0 Å². The Morgan fingerprint density at radius 1 is 1.00 bits per heavy atom. The van der Waals surface area contributed by atoms with Gasteiger partial charge in [0.05, 0.1) is 5.56 Å². The number of hydrogen-bond donors (Lipinski definition) is 1. The maximum Gasteiger partial charge on any atom is 0.178 e. The zero-order valence-corrected chi connectivity index (χ0v) is 13.4. The van der Waals surface area contributed by atoms with Crippen LogP contribution in [0.15, 0.2) is 51.5 Å². The fraction of sp³-hybridized carbons (Fsp3) is 0.118. The van der Waals surface area contributed by atoms with E-state index in [0.717, 1.165) is 26.7 Å². The third-order valence-electron chi connectivity index (χ3n) is 3.43. The van der Waals surface area contributed by atoms with E-state index in [-0.39, 0.29) is 0 Å². The summed E-state index contributed by atoms with van der Waals surface area (Å²) in [5.41, 5.74) is 11.2. The lowest BCUT2D eigenvalue weighted by atomic mass is 10.00. The summed E-state index contributed by atoms with van der Waals surface area (Å²) in [6, 6.07) is 14.3. The molecule has 4 heteroatoms. The molecule has 1 aromatic heterocycles. The Morgan fingerprint density at radius 3 is 2.38 bits per heavy atom. The SMILES string of the molecule is Cc1ccc(-c2c(N)noc2-c2cc(C)ccc2Br)cc1. The first-order chi connectivity index (χ1) is 10.1. The number of nitrogen functional groups attached to an aromatic ring is 1. The first-order valence-corrected chi connectivity index (χ1v) is 7.44. The number of rotatable bonds is 2. The number of halogens is 1. The number of nitrogens with zero attached hydrogens (tertiary/aromatic N) is 1. The van der Waals surface area contributed by atoms with E-state index in [9.17, 15) is 0 Å². The molecule has 3 nitrogen and oxygen atoms in total. The van der Waals surface area contributed by atoms with Crippen LogP contribution in [-0.4, -0.2) is 5.16 Å². The molecule has 0 spiro atoms. The quantitative estimate of drug-likeness (QED) is 0.715. The highest BCUT2D eigenvalue weighted by atomic mass is 79.9. The van der Waals surface area contributed by atoms with E-state index < -0.39 is 0 Å². The Bertz CT molecular complexity index is 791. The van der Waals surface area contributed by atoms with Gasteiger partial charge in [0.1, 0.15) is 0 Å². The minimum absolute atomic E-state index is 0.405. The molecule has 0 fully saturated rings. The first kappa shape index (κ1) is 13.9. The number of nitrogens with two attached hydrogens (primary N) is 1. The van der Waals surface area contributed by atoms with Gasteiger partial charge in [0.2, 0.25) is 0 Å².